The third kappa shape index (κ3) is 4.35. The molecule has 0 amide bonds. The van der Waals surface area contributed by atoms with Gasteiger partial charge in [-0.3, -0.25) is 0 Å². The Kier molecular flexibility index (Phi) is 6.23. The predicted molar refractivity (Wildman–Crippen MR) is 87.2 cm³/mol. The molecule has 23 heavy (non-hydrogen) atoms. The average molecular weight is 344 g/mol. The van der Waals surface area contributed by atoms with Crippen LogP contribution in [-0.2, 0) is 10.0 Å². The second-order valence-electron chi connectivity index (χ2n) is 5.54. The standard InChI is InChI=1S/C15H24N2O5S/c1-22-15-6-5-13(9-14(15)16-10-12(19)11-18)23(20,21)17-7-3-2-4-8-17/h5-6,9,12,16,18-19H,2-4,7-8,10-11H2,1H3. The smallest absolute Gasteiger partial charge is 0.243 e. The molecule has 0 radical (unpaired) electrons. The lowest BCUT2D eigenvalue weighted by molar-refractivity contribution is 0.105. The van der Waals surface area contributed by atoms with Gasteiger partial charge in [0.05, 0.1) is 30.4 Å². The van der Waals surface area contributed by atoms with Gasteiger partial charge in [-0.1, -0.05) is 6.42 Å². The van der Waals surface area contributed by atoms with Gasteiger partial charge >= 0.3 is 0 Å². The number of piperidine rings is 1. The molecule has 1 saturated heterocycles. The number of rotatable bonds is 7. The van der Waals surface area contributed by atoms with Crippen LogP contribution < -0.4 is 10.1 Å². The second kappa shape index (κ2) is 7.96. The van der Waals surface area contributed by atoms with Gasteiger partial charge in [0.25, 0.3) is 0 Å². The number of ether oxygens (including phenoxy) is 1. The molecule has 1 heterocycles. The maximum atomic E-state index is 12.7. The summed E-state index contributed by atoms with van der Waals surface area (Å²) in [6.07, 6.45) is 1.88. The molecule has 0 saturated carbocycles. The largest absolute Gasteiger partial charge is 0.495 e. The van der Waals surface area contributed by atoms with E-state index in [2.05, 4.69) is 5.32 Å². The molecule has 1 aliphatic rings. The average Bonchev–Trinajstić information content (AvgIpc) is 2.60. The maximum absolute atomic E-state index is 12.7. The third-order valence-corrected chi connectivity index (χ3v) is 5.76. The zero-order valence-electron chi connectivity index (χ0n) is 13.2. The van der Waals surface area contributed by atoms with Gasteiger partial charge in [-0.2, -0.15) is 4.31 Å². The molecule has 0 aromatic heterocycles. The summed E-state index contributed by atoms with van der Waals surface area (Å²) in [5, 5.41) is 21.2. The topological polar surface area (TPSA) is 99.1 Å². The number of nitrogens with zero attached hydrogens (tertiary/aromatic N) is 1. The molecule has 0 spiro atoms. The van der Waals surface area contributed by atoms with E-state index >= 15 is 0 Å². The van der Waals surface area contributed by atoms with E-state index in [1.165, 1.54) is 23.5 Å². The first-order valence-electron chi connectivity index (χ1n) is 7.70. The van der Waals surface area contributed by atoms with Crippen molar-refractivity contribution in [1.29, 1.82) is 0 Å². The molecular weight excluding hydrogens is 320 g/mol. The number of nitrogens with one attached hydrogen (secondary N) is 1. The predicted octanol–water partition coefficient (Wildman–Crippen LogP) is 0.635. The van der Waals surface area contributed by atoms with E-state index < -0.39 is 16.1 Å². The fourth-order valence-electron chi connectivity index (χ4n) is 2.53. The quantitative estimate of drug-likeness (QED) is 0.671. The zero-order chi connectivity index (χ0) is 16.9. The van der Waals surface area contributed by atoms with Crippen LogP contribution >= 0.6 is 0 Å². The SMILES string of the molecule is COc1ccc(S(=O)(=O)N2CCCCC2)cc1NCC(O)CO. The van der Waals surface area contributed by atoms with Gasteiger partial charge in [-0.15, -0.1) is 0 Å². The summed E-state index contributed by atoms with van der Waals surface area (Å²) in [5.74, 6) is 0.479. The first-order valence-corrected chi connectivity index (χ1v) is 9.14. The minimum atomic E-state index is -3.53. The van der Waals surface area contributed by atoms with Gasteiger partial charge in [0, 0.05) is 19.6 Å². The number of hydrogen-bond acceptors (Lipinski definition) is 6. The van der Waals surface area contributed by atoms with Crippen LogP contribution in [0.15, 0.2) is 23.1 Å². The van der Waals surface area contributed by atoms with Crippen LogP contribution in [-0.4, -0.2) is 62.4 Å². The summed E-state index contributed by atoms with van der Waals surface area (Å²) in [5.41, 5.74) is 0.470. The lowest BCUT2D eigenvalue weighted by Gasteiger charge is -2.26. The zero-order valence-corrected chi connectivity index (χ0v) is 14.1. The number of aliphatic hydroxyl groups excluding tert-OH is 2. The fraction of sp³-hybridized carbons (Fsp3) is 0.600. The molecule has 1 unspecified atom stereocenters. The lowest BCUT2D eigenvalue weighted by atomic mass is 10.2. The van der Waals surface area contributed by atoms with E-state index in [4.69, 9.17) is 9.84 Å². The number of aliphatic hydroxyl groups is 2. The Hall–Kier alpha value is -1.35. The van der Waals surface area contributed by atoms with E-state index in [0.717, 1.165) is 19.3 Å². The summed E-state index contributed by atoms with van der Waals surface area (Å²) in [7, 11) is -2.04. The molecule has 130 valence electrons. The van der Waals surface area contributed by atoms with Gasteiger partial charge < -0.3 is 20.3 Å². The highest BCUT2D eigenvalue weighted by atomic mass is 32.2. The molecule has 2 rings (SSSR count). The number of sulfonamides is 1. The Morgan fingerprint density at radius 3 is 2.61 bits per heavy atom. The van der Waals surface area contributed by atoms with Gasteiger partial charge in [0.1, 0.15) is 5.75 Å². The van der Waals surface area contributed by atoms with E-state index in [0.29, 0.717) is 24.5 Å². The Labute approximate surface area is 136 Å². The van der Waals surface area contributed by atoms with E-state index in [1.54, 1.807) is 6.07 Å². The molecule has 1 aromatic rings. The number of benzene rings is 1. The summed E-state index contributed by atoms with van der Waals surface area (Å²) >= 11 is 0. The minimum absolute atomic E-state index is 0.0973. The number of anilines is 1. The molecule has 1 aliphatic heterocycles. The Bertz CT molecular complexity index is 614. The Balaban J connectivity index is 2.25. The van der Waals surface area contributed by atoms with Crippen molar-refractivity contribution in [1.82, 2.24) is 4.31 Å². The van der Waals surface area contributed by atoms with Crippen molar-refractivity contribution in [2.45, 2.75) is 30.3 Å². The normalized spacial score (nSPS) is 17.7. The molecule has 8 heteroatoms. The van der Waals surface area contributed by atoms with Crippen LogP contribution in [0.5, 0.6) is 5.75 Å². The first kappa shape index (κ1) is 18.0. The van der Waals surface area contributed by atoms with Gasteiger partial charge in [0.15, 0.2) is 0 Å². The highest BCUT2D eigenvalue weighted by Crippen LogP contribution is 2.29. The van der Waals surface area contributed by atoms with Crippen molar-refractivity contribution in [3.63, 3.8) is 0 Å². The summed E-state index contributed by atoms with van der Waals surface area (Å²) in [6, 6.07) is 4.62. The van der Waals surface area contributed by atoms with Crippen LogP contribution in [0.3, 0.4) is 0 Å². The number of methoxy groups -OCH3 is 1. The van der Waals surface area contributed by atoms with Crippen LogP contribution in [0.1, 0.15) is 19.3 Å². The van der Waals surface area contributed by atoms with Crippen molar-refractivity contribution in [3.05, 3.63) is 18.2 Å². The van der Waals surface area contributed by atoms with Crippen molar-refractivity contribution in [2.24, 2.45) is 0 Å². The molecule has 3 N–H and O–H groups in total. The third-order valence-electron chi connectivity index (χ3n) is 3.86. The highest BCUT2D eigenvalue weighted by Gasteiger charge is 2.26. The van der Waals surface area contributed by atoms with Gasteiger partial charge in [0.2, 0.25) is 10.0 Å². The fourth-order valence-corrected chi connectivity index (χ4v) is 4.08. The molecule has 7 nitrogen and oxygen atoms in total. The lowest BCUT2D eigenvalue weighted by Crippen LogP contribution is -2.35. The van der Waals surface area contributed by atoms with Crippen LogP contribution in [0.2, 0.25) is 0 Å². The van der Waals surface area contributed by atoms with Crippen LogP contribution in [0.25, 0.3) is 0 Å². The van der Waals surface area contributed by atoms with Crippen molar-refractivity contribution in [3.8, 4) is 5.75 Å². The molecule has 1 fully saturated rings. The van der Waals surface area contributed by atoms with Crippen molar-refractivity contribution < 1.29 is 23.4 Å². The summed E-state index contributed by atoms with van der Waals surface area (Å²) < 4.78 is 32.1. The number of hydrogen-bond donors (Lipinski definition) is 3. The molecular formula is C15H24N2O5S. The first-order chi connectivity index (χ1) is 11.0. The van der Waals surface area contributed by atoms with E-state index in [1.807, 2.05) is 0 Å². The molecule has 1 aromatic carbocycles. The Morgan fingerprint density at radius 2 is 2.00 bits per heavy atom. The Morgan fingerprint density at radius 1 is 1.30 bits per heavy atom. The van der Waals surface area contributed by atoms with Crippen LogP contribution in [0.4, 0.5) is 5.69 Å². The molecule has 0 bridgehead atoms. The minimum Gasteiger partial charge on any atom is -0.495 e. The monoisotopic (exact) mass is 344 g/mol. The maximum Gasteiger partial charge on any atom is 0.243 e. The second-order valence-corrected chi connectivity index (χ2v) is 7.48. The summed E-state index contributed by atoms with van der Waals surface area (Å²) in [6.45, 7) is 0.807. The van der Waals surface area contributed by atoms with Crippen molar-refractivity contribution in [2.75, 3.05) is 38.7 Å². The highest BCUT2D eigenvalue weighted by molar-refractivity contribution is 7.89. The van der Waals surface area contributed by atoms with Crippen LogP contribution in [0, 0.1) is 0 Å². The molecule has 0 aliphatic carbocycles. The van der Waals surface area contributed by atoms with E-state index in [9.17, 15) is 13.5 Å². The summed E-state index contributed by atoms with van der Waals surface area (Å²) in [4.78, 5) is 0.196. The van der Waals surface area contributed by atoms with Gasteiger partial charge in [-0.05, 0) is 31.0 Å². The van der Waals surface area contributed by atoms with Gasteiger partial charge in [-0.25, -0.2) is 8.42 Å². The van der Waals surface area contributed by atoms with E-state index in [-0.39, 0.29) is 18.0 Å². The van der Waals surface area contributed by atoms with Crippen molar-refractivity contribution >= 4 is 15.7 Å². The molecule has 1 atom stereocenters.